The Kier molecular flexibility index (Phi) is 11.9. The van der Waals surface area contributed by atoms with Gasteiger partial charge in [-0.1, -0.05) is 53.5 Å². The van der Waals surface area contributed by atoms with Gasteiger partial charge < -0.3 is 19.3 Å². The van der Waals surface area contributed by atoms with Gasteiger partial charge in [-0.15, -0.1) is 0 Å². The molecule has 10 nitrogen and oxygen atoms in total. The second kappa shape index (κ2) is 16.5. The summed E-state index contributed by atoms with van der Waals surface area (Å²) in [5.41, 5.74) is 1.32. The minimum Gasteiger partial charge on any atom is -0.490 e. The van der Waals surface area contributed by atoms with E-state index in [-0.39, 0.29) is 70.0 Å². The first kappa shape index (κ1) is 38.0. The van der Waals surface area contributed by atoms with E-state index in [1.807, 2.05) is 0 Å². The van der Waals surface area contributed by atoms with Gasteiger partial charge in [-0.25, -0.2) is 14.0 Å². The number of hydrogen-bond donors (Lipinski definition) is 2. The van der Waals surface area contributed by atoms with Crippen molar-refractivity contribution in [3.8, 4) is 11.5 Å². The van der Waals surface area contributed by atoms with Crippen LogP contribution in [-0.4, -0.2) is 66.2 Å². The molecule has 0 unspecified atom stereocenters. The second-order valence-electron chi connectivity index (χ2n) is 12.9. The Morgan fingerprint density at radius 1 is 1.02 bits per heavy atom. The lowest BCUT2D eigenvalue weighted by Crippen LogP contribution is -2.53. The van der Waals surface area contributed by atoms with Gasteiger partial charge in [0.2, 0.25) is 12.4 Å². The van der Waals surface area contributed by atoms with E-state index < -0.39 is 30.4 Å². The van der Waals surface area contributed by atoms with Crippen LogP contribution in [0, 0.1) is 11.7 Å². The minimum absolute atomic E-state index is 0.0111. The number of fused-ring (bicyclic) bond motifs is 3. The molecule has 280 valence electrons. The van der Waals surface area contributed by atoms with Crippen LogP contribution in [0.2, 0.25) is 10.0 Å². The molecule has 3 saturated heterocycles. The first-order valence-corrected chi connectivity index (χ1v) is 17.8. The zero-order valence-electron chi connectivity index (χ0n) is 28.6. The van der Waals surface area contributed by atoms with Gasteiger partial charge in [0.05, 0.1) is 24.4 Å². The number of alkyl halides is 2. The Balaban J connectivity index is 1.44. The summed E-state index contributed by atoms with van der Waals surface area (Å²) in [7, 11) is 0. The van der Waals surface area contributed by atoms with Crippen LogP contribution in [0.25, 0.3) is 0 Å². The highest BCUT2D eigenvalue weighted by Crippen LogP contribution is 2.40. The zero-order valence-corrected chi connectivity index (χ0v) is 30.1. The Labute approximate surface area is 313 Å². The predicted molar refractivity (Wildman–Crippen MR) is 189 cm³/mol. The Morgan fingerprint density at radius 2 is 1.74 bits per heavy atom. The van der Waals surface area contributed by atoms with Gasteiger partial charge in [0.1, 0.15) is 22.0 Å². The van der Waals surface area contributed by atoms with Crippen molar-refractivity contribution in [2.45, 2.75) is 51.4 Å². The summed E-state index contributed by atoms with van der Waals surface area (Å²) < 4.78 is 58.9. The standard InChI is InChI=1S/C38H36Cl2F3N3O7/c1-2-51-34-16-24(8-10-33(34)52-37(42)43)26(17-28-29(39)19-45(50)20-30(28)40)27-15-22(7-9-25(27)36(47)48)18-46(32-6-4-3-5-31(32)41)38(49)53-35-21-44-13-11-23(35)12-14-44/h3-10,15-16,19-20,23,26,35,37H,2,11-14,17-18,21H2,1H3,(H-,47,48,50)/p+1/t26-,35-/m0/s1. The molecule has 3 aliphatic rings. The van der Waals surface area contributed by atoms with Crippen LogP contribution in [0.15, 0.2) is 73.1 Å². The molecule has 15 heteroatoms. The number of aromatic nitrogens is 1. The van der Waals surface area contributed by atoms with Gasteiger partial charge >= 0.3 is 18.7 Å². The molecule has 2 atom stereocenters. The van der Waals surface area contributed by atoms with E-state index in [9.17, 15) is 28.7 Å². The average Bonchev–Trinajstić information content (AvgIpc) is 3.12. The van der Waals surface area contributed by atoms with Gasteiger partial charge in [-0.3, -0.25) is 15.0 Å². The maximum atomic E-state index is 15.3. The summed E-state index contributed by atoms with van der Waals surface area (Å²) in [6.45, 7) is 0.909. The first-order chi connectivity index (χ1) is 25.4. The summed E-state index contributed by atoms with van der Waals surface area (Å²) in [5, 5.41) is 20.6. The molecular weight excluding hydrogens is 738 g/mol. The van der Waals surface area contributed by atoms with Crippen LogP contribution in [0.4, 0.5) is 23.7 Å². The first-order valence-electron chi connectivity index (χ1n) is 17.0. The van der Waals surface area contributed by atoms with E-state index >= 15 is 4.39 Å². The van der Waals surface area contributed by atoms with Crippen molar-refractivity contribution < 1.29 is 52.0 Å². The van der Waals surface area contributed by atoms with Gasteiger partial charge in [0, 0.05) is 22.8 Å². The number of anilines is 1. The number of rotatable bonds is 13. The number of pyridine rings is 1. The highest BCUT2D eigenvalue weighted by molar-refractivity contribution is 6.35. The third-order valence-corrected chi connectivity index (χ3v) is 10.3. The lowest BCUT2D eigenvalue weighted by Gasteiger charge is -2.44. The van der Waals surface area contributed by atoms with Crippen molar-refractivity contribution in [3.05, 3.63) is 117 Å². The van der Waals surface area contributed by atoms with E-state index in [4.69, 9.17) is 32.7 Å². The number of benzene rings is 3. The van der Waals surface area contributed by atoms with Crippen LogP contribution >= 0.6 is 23.2 Å². The van der Waals surface area contributed by atoms with Crippen molar-refractivity contribution in [1.29, 1.82) is 0 Å². The highest BCUT2D eigenvalue weighted by Gasteiger charge is 2.38. The Morgan fingerprint density at radius 3 is 2.36 bits per heavy atom. The van der Waals surface area contributed by atoms with E-state index in [1.54, 1.807) is 19.1 Å². The molecule has 4 aromatic rings. The maximum Gasteiger partial charge on any atom is 0.415 e. The number of hydrogen-bond acceptors (Lipinski definition) is 7. The van der Waals surface area contributed by atoms with E-state index in [0.29, 0.717) is 28.0 Å². The number of carboxylic acids is 1. The predicted octanol–water partition coefficient (Wildman–Crippen LogP) is 7.97. The smallest absolute Gasteiger partial charge is 0.415 e. The number of para-hydroxylation sites is 1. The quantitative estimate of drug-likeness (QED) is 0.104. The molecule has 2 N–H and O–H groups in total. The lowest BCUT2D eigenvalue weighted by atomic mass is 9.82. The molecule has 0 radical (unpaired) electrons. The molecule has 1 aromatic heterocycles. The third-order valence-electron chi connectivity index (χ3n) is 9.64. The fourth-order valence-electron chi connectivity index (χ4n) is 7.08. The minimum atomic E-state index is -3.13. The molecular formula is C38H37Cl2F3N3O7+. The second-order valence-corrected chi connectivity index (χ2v) is 13.7. The third kappa shape index (κ3) is 8.75. The van der Waals surface area contributed by atoms with Gasteiger partial charge in [0.15, 0.2) is 11.5 Å². The van der Waals surface area contributed by atoms with Crippen molar-refractivity contribution in [3.63, 3.8) is 0 Å². The van der Waals surface area contributed by atoms with E-state index in [1.165, 1.54) is 65.8 Å². The van der Waals surface area contributed by atoms with Gasteiger partial charge in [-0.05, 0) is 92.2 Å². The maximum absolute atomic E-state index is 15.3. The lowest BCUT2D eigenvalue weighted by molar-refractivity contribution is -0.904. The largest absolute Gasteiger partial charge is 0.490 e. The summed E-state index contributed by atoms with van der Waals surface area (Å²) in [6, 6.07) is 14.6. The molecule has 2 bridgehead atoms. The van der Waals surface area contributed by atoms with E-state index in [2.05, 4.69) is 9.64 Å². The average molecular weight is 776 g/mol. The summed E-state index contributed by atoms with van der Waals surface area (Å²) in [6.07, 6.45) is 3.09. The van der Waals surface area contributed by atoms with Crippen LogP contribution in [0.5, 0.6) is 11.5 Å². The normalized spacial score (nSPS) is 18.4. The zero-order chi connectivity index (χ0) is 37.8. The summed E-state index contributed by atoms with van der Waals surface area (Å²) in [5.74, 6) is -2.83. The van der Waals surface area contributed by atoms with Crippen molar-refractivity contribution in [2.75, 3.05) is 31.1 Å². The molecule has 0 aliphatic carbocycles. The number of halogens is 5. The molecule has 4 heterocycles. The molecule has 3 aromatic carbocycles. The van der Waals surface area contributed by atoms with Crippen LogP contribution in [0.1, 0.15) is 58.3 Å². The summed E-state index contributed by atoms with van der Waals surface area (Å²) >= 11 is 13.1. The Bertz CT molecular complexity index is 1960. The van der Waals surface area contributed by atoms with Crippen molar-refractivity contribution >= 4 is 41.0 Å². The number of nitrogens with zero attached hydrogens (tertiary/aromatic N) is 3. The molecule has 3 fully saturated rings. The Hall–Kier alpha value is -4.72. The van der Waals surface area contributed by atoms with Crippen LogP contribution in [0.3, 0.4) is 0 Å². The monoisotopic (exact) mass is 774 g/mol. The summed E-state index contributed by atoms with van der Waals surface area (Å²) in [4.78, 5) is 30.1. The fourth-order valence-corrected chi connectivity index (χ4v) is 7.69. The fraction of sp³-hybridized carbons (Fsp3) is 0.342. The van der Waals surface area contributed by atoms with Crippen LogP contribution < -0.4 is 19.1 Å². The van der Waals surface area contributed by atoms with Crippen LogP contribution in [-0.2, 0) is 17.7 Å². The molecule has 7 rings (SSSR count). The highest BCUT2D eigenvalue weighted by atomic mass is 35.5. The number of carbonyl (C=O) groups excluding carboxylic acids is 1. The number of amides is 1. The number of piperidine rings is 3. The van der Waals surface area contributed by atoms with Crippen molar-refractivity contribution in [1.82, 2.24) is 4.90 Å². The van der Waals surface area contributed by atoms with Gasteiger partial charge in [-0.2, -0.15) is 8.78 Å². The SMILES string of the molecule is CCOc1cc([C@H](Cc2c(Cl)c[n+](O)cc2Cl)c2cc(CN(C(=O)O[C@H]3CN4CCC3CC4)c3ccccc3F)ccc2C(=O)O)ccc1OC(F)F. The molecule has 0 saturated carbocycles. The molecule has 1 amide bonds. The molecule has 0 spiro atoms. The molecule has 3 aliphatic heterocycles. The number of aromatic carboxylic acids is 1. The number of carboxylic acid groups (broad SMARTS) is 1. The molecule has 53 heavy (non-hydrogen) atoms. The topological polar surface area (TPSA) is 113 Å². The number of carbonyl (C=O) groups is 2. The van der Waals surface area contributed by atoms with Crippen molar-refractivity contribution in [2.24, 2.45) is 5.92 Å². The number of ether oxygens (including phenoxy) is 3. The van der Waals surface area contributed by atoms with Gasteiger partial charge in [0.25, 0.3) is 0 Å². The van der Waals surface area contributed by atoms with E-state index in [0.717, 1.165) is 25.9 Å².